The van der Waals surface area contributed by atoms with Crippen LogP contribution in [0.5, 0.6) is 0 Å². The minimum Gasteiger partial charge on any atom is -0.481 e. The summed E-state index contributed by atoms with van der Waals surface area (Å²) in [7, 11) is 0. The number of aliphatic carboxylic acids is 1. The van der Waals surface area contributed by atoms with E-state index in [9.17, 15) is 0 Å². The van der Waals surface area contributed by atoms with Gasteiger partial charge in [0.1, 0.15) is 0 Å². The summed E-state index contributed by atoms with van der Waals surface area (Å²) in [5.41, 5.74) is 0. The number of rotatable bonds is 0. The Morgan fingerprint density at radius 1 is 0.714 bits per heavy atom. The van der Waals surface area contributed by atoms with Gasteiger partial charge in [-0.3, -0.25) is 4.79 Å². The Morgan fingerprint density at radius 2 is 0.714 bits per heavy atom. The van der Waals surface area contributed by atoms with Crippen LogP contribution in [0.4, 0.5) is 9.59 Å². The fourth-order valence-electron chi connectivity index (χ4n) is 0. The molecule has 0 aromatic carbocycles. The van der Waals surface area contributed by atoms with Crippen LogP contribution in [0.15, 0.2) is 0 Å². The second-order valence-corrected chi connectivity index (χ2v) is 1.08. The average Bonchev–Trinajstić information content (AvgIpc) is 1.54. The Balaban J connectivity index is -0.0000000270. The fraction of sp³-hybridized carbons (Fsp3) is 0.500. The first-order valence-electron chi connectivity index (χ1n) is 2.23. The third-order valence-corrected chi connectivity index (χ3v) is 0. The third kappa shape index (κ3) is 205. The molecule has 0 atom stereocenters. The molecule has 14 heavy (non-hydrogen) atoms. The molecule has 0 saturated carbocycles. The molecule has 0 saturated heterocycles. The Kier molecular flexibility index (Phi) is 47.5. The highest BCUT2D eigenvalue weighted by atomic mass is 16.6. The van der Waals surface area contributed by atoms with Crippen molar-refractivity contribution in [3.8, 4) is 0 Å². The van der Waals surface area contributed by atoms with E-state index < -0.39 is 18.3 Å². The standard InChI is InChI=1S/C2H4O2.2CH2O3.2CH4/c1-2(3)4;2*2-1(3)4;;/h1H3,(H,3,4);2*(H2,2,3,4);2*1H4. The van der Waals surface area contributed by atoms with Crippen LogP contribution < -0.4 is 0 Å². The number of hydrogen-bond acceptors (Lipinski definition) is 3. The zero-order valence-corrected chi connectivity index (χ0v) is 5.96. The number of carboxylic acids is 1. The molecule has 0 amide bonds. The van der Waals surface area contributed by atoms with Crippen molar-refractivity contribution in [3.05, 3.63) is 0 Å². The van der Waals surface area contributed by atoms with E-state index in [1.807, 2.05) is 0 Å². The Bertz CT molecular complexity index is 111. The second kappa shape index (κ2) is 22.5. The highest BCUT2D eigenvalue weighted by Gasteiger charge is 1.70. The van der Waals surface area contributed by atoms with Crippen molar-refractivity contribution in [2.24, 2.45) is 0 Å². The maximum atomic E-state index is 9.00. The van der Waals surface area contributed by atoms with Crippen molar-refractivity contribution in [1.82, 2.24) is 0 Å². The first-order chi connectivity index (χ1) is 5.20. The van der Waals surface area contributed by atoms with Crippen LogP contribution >= 0.6 is 0 Å². The maximum Gasteiger partial charge on any atom is 0.503 e. The summed E-state index contributed by atoms with van der Waals surface area (Å²) in [5.74, 6) is -0.833. The molecule has 8 nitrogen and oxygen atoms in total. The van der Waals surface area contributed by atoms with E-state index in [-0.39, 0.29) is 14.9 Å². The van der Waals surface area contributed by atoms with Crippen molar-refractivity contribution < 1.29 is 39.9 Å². The normalized spacial score (nSPS) is 5.21. The van der Waals surface area contributed by atoms with E-state index in [1.54, 1.807) is 0 Å². The summed E-state index contributed by atoms with van der Waals surface area (Å²) in [6.07, 6.45) is -3.67. The molecule has 0 aliphatic rings. The molecule has 0 fully saturated rings. The molecule has 0 aliphatic carbocycles. The lowest BCUT2D eigenvalue weighted by atomic mass is 10.9. The minimum atomic E-state index is -1.83. The molecular formula is C6H16O8. The minimum absolute atomic E-state index is 0. The molecule has 0 aromatic rings. The fourth-order valence-corrected chi connectivity index (χ4v) is 0. The molecule has 0 radical (unpaired) electrons. The first kappa shape index (κ1) is 29.6. The van der Waals surface area contributed by atoms with Gasteiger partial charge in [-0.2, -0.15) is 0 Å². The van der Waals surface area contributed by atoms with E-state index in [0.717, 1.165) is 6.92 Å². The van der Waals surface area contributed by atoms with Crippen LogP contribution in [0, 0.1) is 0 Å². The summed E-state index contributed by atoms with van der Waals surface area (Å²) in [5, 5.41) is 35.3. The Morgan fingerprint density at radius 3 is 0.714 bits per heavy atom. The van der Waals surface area contributed by atoms with Crippen molar-refractivity contribution in [2.75, 3.05) is 0 Å². The van der Waals surface area contributed by atoms with Crippen molar-refractivity contribution >= 4 is 18.3 Å². The van der Waals surface area contributed by atoms with Gasteiger partial charge in [-0.1, -0.05) is 14.9 Å². The number of carboxylic acid groups (broad SMARTS) is 5. The summed E-state index contributed by atoms with van der Waals surface area (Å²) in [6.45, 7) is 1.08. The van der Waals surface area contributed by atoms with Crippen LogP contribution in [0.25, 0.3) is 0 Å². The van der Waals surface area contributed by atoms with Crippen LogP contribution in [0.2, 0.25) is 0 Å². The molecule has 0 rings (SSSR count). The molecule has 0 spiro atoms. The summed E-state index contributed by atoms with van der Waals surface area (Å²) in [4.78, 5) is 26.1. The van der Waals surface area contributed by atoms with Gasteiger partial charge in [0.15, 0.2) is 0 Å². The Labute approximate surface area is 81.0 Å². The van der Waals surface area contributed by atoms with Gasteiger partial charge in [-0.05, 0) is 0 Å². The molecule has 8 heteroatoms. The zero-order chi connectivity index (χ0) is 10.7. The number of hydrogen-bond donors (Lipinski definition) is 5. The lowest BCUT2D eigenvalue weighted by molar-refractivity contribution is -0.134. The van der Waals surface area contributed by atoms with Gasteiger partial charge in [0.05, 0.1) is 0 Å². The molecule has 0 aliphatic heterocycles. The molecular weight excluding hydrogens is 200 g/mol. The monoisotopic (exact) mass is 216 g/mol. The van der Waals surface area contributed by atoms with Crippen LogP contribution in [0.1, 0.15) is 21.8 Å². The predicted molar refractivity (Wildman–Crippen MR) is 48.1 cm³/mol. The van der Waals surface area contributed by atoms with E-state index >= 15 is 0 Å². The zero-order valence-electron chi connectivity index (χ0n) is 5.96. The SMILES string of the molecule is C.C.CC(=O)O.O=C(O)O.O=C(O)O. The van der Waals surface area contributed by atoms with Gasteiger partial charge in [-0.25, -0.2) is 9.59 Å². The Hall–Kier alpha value is -1.99. The quantitative estimate of drug-likeness (QED) is 0.410. The molecule has 88 valence electrons. The van der Waals surface area contributed by atoms with E-state index in [2.05, 4.69) is 0 Å². The second-order valence-electron chi connectivity index (χ2n) is 1.08. The largest absolute Gasteiger partial charge is 0.503 e. The van der Waals surface area contributed by atoms with Crippen LogP contribution in [0.3, 0.4) is 0 Å². The summed E-state index contributed by atoms with van der Waals surface area (Å²) < 4.78 is 0. The lowest BCUT2D eigenvalue weighted by Crippen LogP contribution is -1.81. The van der Waals surface area contributed by atoms with Crippen LogP contribution in [-0.2, 0) is 4.79 Å². The van der Waals surface area contributed by atoms with Gasteiger partial charge in [0.25, 0.3) is 5.97 Å². The van der Waals surface area contributed by atoms with Gasteiger partial charge in [-0.15, -0.1) is 0 Å². The lowest BCUT2D eigenvalue weighted by Gasteiger charge is -1.60. The predicted octanol–water partition coefficient (Wildman–Crippen LogP) is 1.81. The third-order valence-electron chi connectivity index (χ3n) is 0. The van der Waals surface area contributed by atoms with Crippen molar-refractivity contribution in [2.45, 2.75) is 21.8 Å². The van der Waals surface area contributed by atoms with E-state index in [1.165, 1.54) is 0 Å². The average molecular weight is 216 g/mol. The van der Waals surface area contributed by atoms with Gasteiger partial charge < -0.3 is 25.5 Å². The topological polar surface area (TPSA) is 152 Å². The molecule has 0 heterocycles. The van der Waals surface area contributed by atoms with E-state index in [4.69, 9.17) is 39.9 Å². The van der Waals surface area contributed by atoms with Gasteiger partial charge in [0.2, 0.25) is 0 Å². The highest BCUT2D eigenvalue weighted by Crippen LogP contribution is 1.43. The van der Waals surface area contributed by atoms with E-state index in [0.29, 0.717) is 0 Å². The van der Waals surface area contributed by atoms with Crippen LogP contribution in [-0.4, -0.2) is 43.8 Å². The number of carbonyl (C=O) groups is 3. The molecule has 0 bridgehead atoms. The maximum absolute atomic E-state index is 9.00. The first-order valence-corrected chi connectivity index (χ1v) is 2.23. The smallest absolute Gasteiger partial charge is 0.481 e. The van der Waals surface area contributed by atoms with Gasteiger partial charge in [0, 0.05) is 6.92 Å². The summed E-state index contributed by atoms with van der Waals surface area (Å²) >= 11 is 0. The molecule has 0 aromatic heterocycles. The van der Waals surface area contributed by atoms with Crippen molar-refractivity contribution in [3.63, 3.8) is 0 Å². The van der Waals surface area contributed by atoms with Crippen molar-refractivity contribution in [1.29, 1.82) is 0 Å². The summed E-state index contributed by atoms with van der Waals surface area (Å²) in [6, 6.07) is 0. The molecule has 0 unspecified atom stereocenters. The highest BCUT2D eigenvalue weighted by molar-refractivity contribution is 5.62. The van der Waals surface area contributed by atoms with Gasteiger partial charge >= 0.3 is 12.3 Å². The molecule has 5 N–H and O–H groups in total.